The van der Waals surface area contributed by atoms with Crippen molar-refractivity contribution >= 4 is 16.9 Å². The molecular formula is C22H26N6O4. The highest BCUT2D eigenvalue weighted by atomic mass is 16.3. The van der Waals surface area contributed by atoms with Crippen molar-refractivity contribution in [3.05, 3.63) is 66.8 Å². The van der Waals surface area contributed by atoms with Crippen molar-refractivity contribution in [2.24, 2.45) is 5.92 Å². The average Bonchev–Trinajstić information content (AvgIpc) is 3.16. The van der Waals surface area contributed by atoms with Crippen LogP contribution in [0.25, 0.3) is 16.9 Å². The molecule has 4 rings (SSSR count). The molecule has 32 heavy (non-hydrogen) atoms. The van der Waals surface area contributed by atoms with Crippen LogP contribution in [0.15, 0.2) is 38.9 Å². The molecule has 0 aliphatic rings. The second kappa shape index (κ2) is 8.10. The van der Waals surface area contributed by atoms with Gasteiger partial charge in [0.25, 0.3) is 11.1 Å². The first-order valence-electron chi connectivity index (χ1n) is 10.7. The summed E-state index contributed by atoms with van der Waals surface area (Å²) in [6.45, 7) is 7.99. The fourth-order valence-electron chi connectivity index (χ4n) is 4.06. The summed E-state index contributed by atoms with van der Waals surface area (Å²) in [6.07, 6.45) is 3.61. The molecule has 4 aromatic heterocycles. The van der Waals surface area contributed by atoms with Crippen LogP contribution in [0.5, 0.6) is 5.88 Å². The molecular weight excluding hydrogens is 412 g/mol. The lowest BCUT2D eigenvalue weighted by atomic mass is 10.1. The number of aromatic nitrogens is 6. The van der Waals surface area contributed by atoms with Gasteiger partial charge < -0.3 is 5.11 Å². The van der Waals surface area contributed by atoms with Gasteiger partial charge in [0.1, 0.15) is 0 Å². The van der Waals surface area contributed by atoms with Crippen LogP contribution in [0.3, 0.4) is 0 Å². The number of aryl methyl sites for hydroxylation is 1. The lowest BCUT2D eigenvalue weighted by molar-refractivity contribution is 0.428. The molecule has 0 bridgehead atoms. The van der Waals surface area contributed by atoms with Crippen LogP contribution >= 0.6 is 0 Å². The molecule has 0 aliphatic carbocycles. The predicted molar refractivity (Wildman–Crippen MR) is 120 cm³/mol. The van der Waals surface area contributed by atoms with Crippen molar-refractivity contribution in [2.75, 3.05) is 0 Å². The minimum Gasteiger partial charge on any atom is -0.494 e. The van der Waals surface area contributed by atoms with Gasteiger partial charge in [-0.25, -0.2) is 9.20 Å². The summed E-state index contributed by atoms with van der Waals surface area (Å²) in [6, 6.07) is 3.60. The standard InChI is InChI=1S/C22H26N6O4/c1-5-25-17-16(20(31)26(6-2)22(25)32)28-19(30)15(10-13(3)4)18(29)27(21(28)24-17)12-14-8-7-9-23-11-14/h7-9,11,13,30H,5-6,10,12H2,1-4H3. The van der Waals surface area contributed by atoms with Gasteiger partial charge in [0.15, 0.2) is 11.2 Å². The maximum Gasteiger partial charge on any atom is 0.332 e. The Kier molecular flexibility index (Phi) is 5.45. The number of aromatic hydroxyl groups is 1. The van der Waals surface area contributed by atoms with E-state index < -0.39 is 11.2 Å². The second-order valence-corrected chi connectivity index (χ2v) is 8.15. The van der Waals surface area contributed by atoms with Gasteiger partial charge >= 0.3 is 5.69 Å². The number of rotatable bonds is 6. The van der Waals surface area contributed by atoms with Crippen LogP contribution in [0, 0.1) is 5.92 Å². The summed E-state index contributed by atoms with van der Waals surface area (Å²) >= 11 is 0. The largest absolute Gasteiger partial charge is 0.494 e. The molecule has 0 unspecified atom stereocenters. The Morgan fingerprint density at radius 1 is 1.03 bits per heavy atom. The van der Waals surface area contributed by atoms with Crippen LogP contribution in [0.4, 0.5) is 0 Å². The van der Waals surface area contributed by atoms with E-state index in [0.717, 1.165) is 10.1 Å². The van der Waals surface area contributed by atoms with Crippen LogP contribution in [0.1, 0.15) is 38.8 Å². The van der Waals surface area contributed by atoms with Crippen molar-refractivity contribution in [3.63, 3.8) is 0 Å². The minimum absolute atomic E-state index is 0.0748. The fourth-order valence-corrected chi connectivity index (χ4v) is 4.06. The first-order chi connectivity index (χ1) is 15.3. The van der Waals surface area contributed by atoms with Gasteiger partial charge in [-0.3, -0.25) is 28.3 Å². The molecule has 4 aromatic rings. The van der Waals surface area contributed by atoms with E-state index in [0.29, 0.717) is 6.42 Å². The smallest absolute Gasteiger partial charge is 0.332 e. The van der Waals surface area contributed by atoms with E-state index in [4.69, 9.17) is 0 Å². The molecule has 0 radical (unpaired) electrons. The summed E-state index contributed by atoms with van der Waals surface area (Å²) in [5.41, 5.74) is -0.227. The SMILES string of the molecule is CCn1c(=O)c2c(nc3n(Cc4cccnc4)c(=O)c(CC(C)C)c(O)n23)n(CC)c1=O. The molecule has 0 saturated heterocycles. The first-order valence-corrected chi connectivity index (χ1v) is 10.7. The molecule has 10 heteroatoms. The Labute approximate surface area is 183 Å². The van der Waals surface area contributed by atoms with Gasteiger partial charge in [-0.15, -0.1) is 0 Å². The summed E-state index contributed by atoms with van der Waals surface area (Å²) < 4.78 is 5.23. The maximum atomic E-state index is 13.4. The van der Waals surface area contributed by atoms with Crippen molar-refractivity contribution in [3.8, 4) is 5.88 Å². The van der Waals surface area contributed by atoms with Crippen LogP contribution < -0.4 is 16.8 Å². The normalized spacial score (nSPS) is 11.8. The van der Waals surface area contributed by atoms with Crippen LogP contribution in [-0.2, 0) is 26.1 Å². The number of hydrogen-bond donors (Lipinski definition) is 1. The zero-order chi connectivity index (χ0) is 23.2. The van der Waals surface area contributed by atoms with Crippen molar-refractivity contribution in [1.29, 1.82) is 0 Å². The number of hydrogen-bond acceptors (Lipinski definition) is 6. The number of imidazole rings is 1. The summed E-state index contributed by atoms with van der Waals surface area (Å²) in [5, 5.41) is 11.1. The number of nitrogens with zero attached hydrogens (tertiary/aromatic N) is 6. The Hall–Kier alpha value is -3.69. The second-order valence-electron chi connectivity index (χ2n) is 8.15. The number of pyridine rings is 1. The molecule has 0 amide bonds. The van der Waals surface area contributed by atoms with E-state index in [2.05, 4.69) is 9.97 Å². The first kappa shape index (κ1) is 21.5. The third kappa shape index (κ3) is 3.22. The molecule has 4 heterocycles. The monoisotopic (exact) mass is 438 g/mol. The van der Waals surface area contributed by atoms with E-state index in [9.17, 15) is 19.5 Å². The molecule has 10 nitrogen and oxygen atoms in total. The Morgan fingerprint density at radius 2 is 1.75 bits per heavy atom. The Balaban J connectivity index is 2.22. The van der Waals surface area contributed by atoms with Crippen LogP contribution in [-0.4, -0.2) is 33.2 Å². The quantitative estimate of drug-likeness (QED) is 0.486. The lowest BCUT2D eigenvalue weighted by Crippen LogP contribution is -2.39. The third-order valence-corrected chi connectivity index (χ3v) is 5.54. The predicted octanol–water partition coefficient (Wildman–Crippen LogP) is 1.36. The van der Waals surface area contributed by atoms with Crippen LogP contribution in [0.2, 0.25) is 0 Å². The maximum absolute atomic E-state index is 13.4. The van der Waals surface area contributed by atoms with E-state index in [1.165, 1.54) is 13.5 Å². The van der Waals surface area contributed by atoms with E-state index >= 15 is 0 Å². The highest BCUT2D eigenvalue weighted by Crippen LogP contribution is 2.23. The molecule has 0 fully saturated rings. The van der Waals surface area contributed by atoms with E-state index in [1.807, 2.05) is 19.9 Å². The van der Waals surface area contributed by atoms with Crippen molar-refractivity contribution < 1.29 is 5.11 Å². The fraction of sp³-hybridized carbons (Fsp3) is 0.409. The minimum atomic E-state index is -0.554. The van der Waals surface area contributed by atoms with Gasteiger partial charge in [0, 0.05) is 25.5 Å². The average molecular weight is 438 g/mol. The van der Waals surface area contributed by atoms with Gasteiger partial charge in [0.2, 0.25) is 11.7 Å². The van der Waals surface area contributed by atoms with Gasteiger partial charge in [-0.05, 0) is 37.8 Å². The van der Waals surface area contributed by atoms with Crippen molar-refractivity contribution in [2.45, 2.75) is 53.8 Å². The molecule has 0 aliphatic heterocycles. The third-order valence-electron chi connectivity index (χ3n) is 5.54. The van der Waals surface area contributed by atoms with Crippen molar-refractivity contribution in [1.82, 2.24) is 28.1 Å². The topological polar surface area (TPSA) is 116 Å². The molecule has 1 N–H and O–H groups in total. The molecule has 0 aromatic carbocycles. The highest BCUT2D eigenvalue weighted by molar-refractivity contribution is 5.76. The summed E-state index contributed by atoms with van der Waals surface area (Å²) in [5.74, 6) is -0.120. The summed E-state index contributed by atoms with van der Waals surface area (Å²) in [4.78, 5) is 48.1. The molecule has 0 atom stereocenters. The highest BCUT2D eigenvalue weighted by Gasteiger charge is 2.25. The lowest BCUT2D eigenvalue weighted by Gasteiger charge is -2.14. The number of fused-ring (bicyclic) bond motifs is 3. The zero-order valence-corrected chi connectivity index (χ0v) is 18.6. The molecule has 0 saturated carbocycles. The van der Waals surface area contributed by atoms with E-state index in [-0.39, 0.29) is 59.5 Å². The molecule has 168 valence electrons. The summed E-state index contributed by atoms with van der Waals surface area (Å²) in [7, 11) is 0. The Morgan fingerprint density at radius 3 is 2.34 bits per heavy atom. The van der Waals surface area contributed by atoms with Gasteiger partial charge in [-0.2, -0.15) is 4.98 Å². The van der Waals surface area contributed by atoms with Gasteiger partial charge in [-0.1, -0.05) is 19.9 Å². The van der Waals surface area contributed by atoms with Gasteiger partial charge in [0.05, 0.1) is 12.1 Å². The molecule has 0 spiro atoms. The Bertz CT molecular complexity index is 1490. The zero-order valence-electron chi connectivity index (χ0n) is 18.6. The van der Waals surface area contributed by atoms with E-state index in [1.54, 1.807) is 32.3 Å².